The summed E-state index contributed by atoms with van der Waals surface area (Å²) in [6.45, 7) is 4.82. The molecule has 0 spiro atoms. The van der Waals surface area contributed by atoms with Crippen LogP contribution in [0.3, 0.4) is 0 Å². The highest BCUT2D eigenvalue weighted by molar-refractivity contribution is 6.10. The molecule has 0 amide bonds. The smallest absolute Gasteiger partial charge is 0.416 e. The maximum absolute atomic E-state index is 14.3. The number of anilines is 1. The van der Waals surface area contributed by atoms with Crippen LogP contribution in [-0.4, -0.2) is 59.8 Å². The van der Waals surface area contributed by atoms with Crippen molar-refractivity contribution in [2.75, 3.05) is 31.1 Å². The van der Waals surface area contributed by atoms with E-state index in [1.54, 1.807) is 0 Å². The number of hydrogen-bond donors (Lipinski definition) is 2. The summed E-state index contributed by atoms with van der Waals surface area (Å²) in [6.07, 6.45) is -1.37. The van der Waals surface area contributed by atoms with Gasteiger partial charge in [-0.15, -0.1) is 0 Å². The molecular weight excluding hydrogens is 430 g/mol. The summed E-state index contributed by atoms with van der Waals surface area (Å²) < 4.78 is 63.9. The Morgan fingerprint density at radius 1 is 1.44 bits per heavy atom. The number of hydrogen-bond acceptors (Lipinski definition) is 7. The van der Waals surface area contributed by atoms with Crippen molar-refractivity contribution in [3.63, 3.8) is 0 Å². The van der Waals surface area contributed by atoms with Gasteiger partial charge >= 0.3 is 6.18 Å². The molecule has 32 heavy (non-hydrogen) atoms. The van der Waals surface area contributed by atoms with E-state index < -0.39 is 30.3 Å². The maximum Gasteiger partial charge on any atom is 0.416 e. The first kappa shape index (κ1) is 23.9. The number of aromatic nitrogens is 2. The number of ether oxygens (including phenoxy) is 2. The van der Waals surface area contributed by atoms with E-state index in [2.05, 4.69) is 16.5 Å². The molecule has 3 N–H and O–H groups in total. The summed E-state index contributed by atoms with van der Waals surface area (Å²) in [4.78, 5) is 9.51. The highest BCUT2D eigenvalue weighted by Gasteiger charge is 2.44. The molecule has 1 aromatic heterocycles. The number of rotatable bonds is 8. The zero-order valence-corrected chi connectivity index (χ0v) is 17.6. The Bertz CT molecular complexity index is 940. The number of halogens is 4. The van der Waals surface area contributed by atoms with Gasteiger partial charge in [0.15, 0.2) is 17.7 Å². The summed E-state index contributed by atoms with van der Waals surface area (Å²) >= 11 is 0. The second-order valence-corrected chi connectivity index (χ2v) is 7.83. The predicted molar refractivity (Wildman–Crippen MR) is 111 cm³/mol. The fourth-order valence-electron chi connectivity index (χ4n) is 3.06. The molecule has 1 aromatic rings. The number of alkyl halides is 3. The SMILES string of the molecule is C=C/C(F)=C(\C=C(/CN)C(=N)c1cc(N2CCOC(C(F)(F)F)C2)ncn1)OC1(C)CC1. The number of morpholine rings is 1. The molecule has 0 radical (unpaired) electrons. The van der Waals surface area contributed by atoms with Crippen molar-refractivity contribution in [2.24, 2.45) is 5.73 Å². The van der Waals surface area contributed by atoms with Gasteiger partial charge in [-0.1, -0.05) is 6.58 Å². The molecule has 3 rings (SSSR count). The van der Waals surface area contributed by atoms with E-state index >= 15 is 0 Å². The van der Waals surface area contributed by atoms with Gasteiger partial charge < -0.3 is 20.1 Å². The molecule has 1 saturated heterocycles. The van der Waals surface area contributed by atoms with E-state index in [9.17, 15) is 17.6 Å². The second kappa shape index (κ2) is 9.37. The van der Waals surface area contributed by atoms with Crippen molar-refractivity contribution in [3.05, 3.63) is 54.0 Å². The third-order valence-corrected chi connectivity index (χ3v) is 5.24. The molecule has 1 atom stereocenters. The van der Waals surface area contributed by atoms with Crippen LogP contribution in [0.1, 0.15) is 25.5 Å². The van der Waals surface area contributed by atoms with Crippen LogP contribution in [0.4, 0.5) is 23.4 Å². The van der Waals surface area contributed by atoms with Gasteiger partial charge in [-0.2, -0.15) is 13.2 Å². The molecule has 11 heteroatoms. The zero-order valence-electron chi connectivity index (χ0n) is 17.6. The third kappa shape index (κ3) is 5.71. The van der Waals surface area contributed by atoms with Gasteiger partial charge in [-0.3, -0.25) is 5.41 Å². The zero-order chi connectivity index (χ0) is 23.5. The summed E-state index contributed by atoms with van der Waals surface area (Å²) in [5.74, 6) is -0.545. The van der Waals surface area contributed by atoms with Crippen molar-refractivity contribution in [2.45, 2.75) is 37.6 Å². The lowest BCUT2D eigenvalue weighted by Gasteiger charge is -2.34. The topological polar surface area (TPSA) is 97.4 Å². The van der Waals surface area contributed by atoms with Crippen LogP contribution in [0.5, 0.6) is 0 Å². The fourth-order valence-corrected chi connectivity index (χ4v) is 3.06. The Kier molecular flexibility index (Phi) is 6.99. The Morgan fingerprint density at radius 3 is 2.75 bits per heavy atom. The van der Waals surface area contributed by atoms with Crippen molar-refractivity contribution in [1.29, 1.82) is 5.41 Å². The highest BCUT2D eigenvalue weighted by Crippen LogP contribution is 2.41. The lowest BCUT2D eigenvalue weighted by molar-refractivity contribution is -0.221. The molecule has 1 aliphatic carbocycles. The first-order valence-electron chi connectivity index (χ1n) is 10.0. The monoisotopic (exact) mass is 455 g/mol. The van der Waals surface area contributed by atoms with Crippen molar-refractivity contribution < 1.29 is 27.0 Å². The molecule has 1 unspecified atom stereocenters. The van der Waals surface area contributed by atoms with Gasteiger partial charge in [0.1, 0.15) is 17.7 Å². The largest absolute Gasteiger partial charge is 0.484 e. The lowest BCUT2D eigenvalue weighted by Crippen LogP contribution is -2.49. The number of allylic oxidation sites excluding steroid dienone is 3. The molecule has 0 bridgehead atoms. The van der Waals surface area contributed by atoms with Crippen LogP contribution in [0.25, 0.3) is 0 Å². The number of nitrogens with two attached hydrogens (primary N) is 1. The van der Waals surface area contributed by atoms with Crippen LogP contribution in [-0.2, 0) is 9.47 Å². The van der Waals surface area contributed by atoms with Crippen LogP contribution in [0.15, 0.2) is 48.3 Å². The Labute approximate surface area is 183 Å². The molecule has 1 aliphatic heterocycles. The first-order valence-corrected chi connectivity index (χ1v) is 10.0. The van der Waals surface area contributed by atoms with Crippen LogP contribution in [0.2, 0.25) is 0 Å². The molecule has 2 aliphatic rings. The van der Waals surface area contributed by atoms with E-state index in [0.717, 1.165) is 25.2 Å². The quantitative estimate of drug-likeness (QED) is 0.270. The molecular formula is C21H25F4N5O2. The Hall–Kier alpha value is -2.79. The molecule has 1 saturated carbocycles. The van der Waals surface area contributed by atoms with E-state index in [-0.39, 0.29) is 48.3 Å². The minimum absolute atomic E-state index is 0.0827. The maximum atomic E-state index is 14.3. The molecule has 174 valence electrons. The first-order chi connectivity index (χ1) is 15.1. The van der Waals surface area contributed by atoms with E-state index in [4.69, 9.17) is 20.6 Å². The fraction of sp³-hybridized carbons (Fsp3) is 0.476. The molecule has 0 aromatic carbocycles. The number of nitrogens with one attached hydrogen (secondary N) is 1. The van der Waals surface area contributed by atoms with Gasteiger partial charge in [-0.25, -0.2) is 14.4 Å². The lowest BCUT2D eigenvalue weighted by atomic mass is 10.1. The van der Waals surface area contributed by atoms with Crippen molar-refractivity contribution >= 4 is 11.5 Å². The van der Waals surface area contributed by atoms with Gasteiger partial charge in [-0.05, 0) is 37.5 Å². The van der Waals surface area contributed by atoms with Crippen molar-refractivity contribution in [1.82, 2.24) is 9.97 Å². The molecule has 7 nitrogen and oxygen atoms in total. The van der Waals surface area contributed by atoms with E-state index in [1.165, 1.54) is 17.0 Å². The van der Waals surface area contributed by atoms with E-state index in [1.807, 2.05) is 6.92 Å². The normalized spacial score (nSPS) is 21.6. The summed E-state index contributed by atoms with van der Waals surface area (Å²) in [6, 6.07) is 1.40. The average Bonchev–Trinajstić information content (AvgIpc) is 3.51. The van der Waals surface area contributed by atoms with Crippen LogP contribution < -0.4 is 10.6 Å². The molecule has 2 fully saturated rings. The minimum Gasteiger partial charge on any atom is -0.484 e. The Balaban J connectivity index is 1.84. The predicted octanol–water partition coefficient (Wildman–Crippen LogP) is 3.43. The summed E-state index contributed by atoms with van der Waals surface area (Å²) in [5.41, 5.74) is 5.58. The highest BCUT2D eigenvalue weighted by atomic mass is 19.4. The standard InChI is InChI=1S/C21H25F4N5O2/c1-3-14(22)16(32-20(2)4-5-20)8-13(10-26)19(27)15-9-18(29-12-28-15)30-6-7-31-17(11-30)21(23,24)25/h3,8-9,12,17,27H,1,4-7,10-11,26H2,2H3/b13-8+,16-14-,27-19?. The molecule has 2 heterocycles. The van der Waals surface area contributed by atoms with E-state index in [0.29, 0.717) is 0 Å². The van der Waals surface area contributed by atoms with Gasteiger partial charge in [0.05, 0.1) is 24.6 Å². The van der Waals surface area contributed by atoms with Gasteiger partial charge in [0, 0.05) is 19.2 Å². The summed E-state index contributed by atoms with van der Waals surface area (Å²) in [5, 5.41) is 8.49. The van der Waals surface area contributed by atoms with Crippen LogP contribution >= 0.6 is 0 Å². The average molecular weight is 455 g/mol. The van der Waals surface area contributed by atoms with Crippen molar-refractivity contribution in [3.8, 4) is 0 Å². The minimum atomic E-state index is -4.49. The van der Waals surface area contributed by atoms with Gasteiger partial charge in [0.25, 0.3) is 0 Å². The van der Waals surface area contributed by atoms with Crippen LogP contribution in [0, 0.1) is 5.41 Å². The number of nitrogens with zero attached hydrogens (tertiary/aromatic N) is 3. The second-order valence-electron chi connectivity index (χ2n) is 7.83. The van der Waals surface area contributed by atoms with Gasteiger partial charge in [0.2, 0.25) is 0 Å². The summed E-state index contributed by atoms with van der Waals surface area (Å²) in [7, 11) is 0. The Morgan fingerprint density at radius 2 is 2.16 bits per heavy atom. The third-order valence-electron chi connectivity index (χ3n) is 5.24.